The van der Waals surface area contributed by atoms with Gasteiger partial charge in [-0.2, -0.15) is 0 Å². The van der Waals surface area contributed by atoms with Gasteiger partial charge in [0.05, 0.1) is 0 Å². The standard InChI is InChI=1S/C12H9N.C5H5N.C4H5N.2C2H6/c1-3-7-11-9(5-1)10-6-2-4-8-12(10)13-11;1-2-4-6-5-3-1;1-2-4-5-3-1;2*1-2/h1-8,13H;1-5H;1-5H;2*1-2H3. The lowest BCUT2D eigenvalue weighted by Crippen LogP contribution is -1.62. The summed E-state index contributed by atoms with van der Waals surface area (Å²) >= 11 is 0. The van der Waals surface area contributed by atoms with E-state index in [4.69, 9.17) is 0 Å². The predicted molar refractivity (Wildman–Crippen MR) is 124 cm³/mol. The summed E-state index contributed by atoms with van der Waals surface area (Å²) in [6.45, 7) is 8.00. The normalized spacial score (nSPS) is 8.71. The van der Waals surface area contributed by atoms with E-state index < -0.39 is 0 Å². The summed E-state index contributed by atoms with van der Waals surface area (Å²) in [6, 6.07) is 26.4. The van der Waals surface area contributed by atoms with E-state index in [2.05, 4.69) is 63.5 Å². The van der Waals surface area contributed by atoms with E-state index in [1.54, 1.807) is 12.4 Å². The fourth-order valence-corrected chi connectivity index (χ4v) is 2.39. The molecule has 28 heavy (non-hydrogen) atoms. The van der Waals surface area contributed by atoms with Gasteiger partial charge in [-0.05, 0) is 36.4 Å². The summed E-state index contributed by atoms with van der Waals surface area (Å²) < 4.78 is 0. The number of nitrogens with zero attached hydrogens (tertiary/aromatic N) is 1. The number of fused-ring (bicyclic) bond motifs is 3. The van der Waals surface area contributed by atoms with Gasteiger partial charge in [0.2, 0.25) is 0 Å². The summed E-state index contributed by atoms with van der Waals surface area (Å²) in [5.41, 5.74) is 2.42. The second kappa shape index (κ2) is 14.8. The van der Waals surface area contributed by atoms with Crippen LogP contribution in [-0.2, 0) is 0 Å². The molecule has 0 spiro atoms. The molecule has 3 nitrogen and oxygen atoms in total. The zero-order valence-electron chi connectivity index (χ0n) is 17.3. The van der Waals surface area contributed by atoms with Crippen LogP contribution in [0.3, 0.4) is 0 Å². The smallest absolute Gasteiger partial charge is 0.0464 e. The molecule has 3 heterocycles. The van der Waals surface area contributed by atoms with Crippen LogP contribution in [0.15, 0.2) is 104 Å². The number of nitrogens with one attached hydrogen (secondary N) is 2. The number of rotatable bonds is 0. The topological polar surface area (TPSA) is 44.5 Å². The van der Waals surface area contributed by atoms with Gasteiger partial charge in [0.1, 0.15) is 0 Å². The van der Waals surface area contributed by atoms with Crippen molar-refractivity contribution in [1.82, 2.24) is 15.0 Å². The second-order valence-corrected chi connectivity index (χ2v) is 5.13. The lowest BCUT2D eigenvalue weighted by Gasteiger charge is -1.87. The third-order valence-corrected chi connectivity index (χ3v) is 3.48. The van der Waals surface area contributed by atoms with Gasteiger partial charge in [0.25, 0.3) is 0 Å². The Morgan fingerprint density at radius 3 is 1.32 bits per heavy atom. The minimum Gasteiger partial charge on any atom is -0.368 e. The molecule has 0 fully saturated rings. The molecule has 146 valence electrons. The molecule has 0 saturated carbocycles. The van der Waals surface area contributed by atoms with Crippen LogP contribution < -0.4 is 0 Å². The molecule has 5 aromatic rings. The van der Waals surface area contributed by atoms with Gasteiger partial charge in [0.15, 0.2) is 0 Å². The number of hydrogen-bond acceptors (Lipinski definition) is 1. The van der Waals surface area contributed by atoms with E-state index in [0.29, 0.717) is 0 Å². The number of benzene rings is 2. The highest BCUT2D eigenvalue weighted by molar-refractivity contribution is 6.06. The van der Waals surface area contributed by atoms with Crippen molar-refractivity contribution in [3.05, 3.63) is 104 Å². The molecule has 3 heteroatoms. The van der Waals surface area contributed by atoms with Crippen molar-refractivity contribution in [2.24, 2.45) is 0 Å². The van der Waals surface area contributed by atoms with Crippen molar-refractivity contribution in [3.8, 4) is 0 Å². The molecule has 0 unspecified atom stereocenters. The van der Waals surface area contributed by atoms with Crippen LogP contribution in [0.4, 0.5) is 0 Å². The van der Waals surface area contributed by atoms with E-state index >= 15 is 0 Å². The summed E-state index contributed by atoms with van der Waals surface area (Å²) in [6.07, 6.45) is 7.25. The summed E-state index contributed by atoms with van der Waals surface area (Å²) in [7, 11) is 0. The number of para-hydroxylation sites is 2. The van der Waals surface area contributed by atoms with Crippen molar-refractivity contribution < 1.29 is 0 Å². The van der Waals surface area contributed by atoms with Crippen molar-refractivity contribution in [3.63, 3.8) is 0 Å². The molecule has 0 aliphatic rings. The Hall–Kier alpha value is -3.33. The number of H-pyrrole nitrogens is 2. The Morgan fingerprint density at radius 2 is 1.00 bits per heavy atom. The maximum Gasteiger partial charge on any atom is 0.0464 e. The summed E-state index contributed by atoms with van der Waals surface area (Å²) in [5.74, 6) is 0. The monoisotopic (exact) mass is 373 g/mol. The Kier molecular flexibility index (Phi) is 12.0. The minimum atomic E-state index is 1.21. The molecule has 0 atom stereocenters. The molecule has 0 amide bonds. The fraction of sp³-hybridized carbons (Fsp3) is 0.160. The summed E-state index contributed by atoms with van der Waals surface area (Å²) in [5, 5.41) is 2.61. The van der Waals surface area contributed by atoms with E-state index in [1.165, 1.54) is 21.8 Å². The van der Waals surface area contributed by atoms with Crippen LogP contribution in [0.1, 0.15) is 27.7 Å². The van der Waals surface area contributed by atoms with Crippen LogP contribution in [-0.4, -0.2) is 15.0 Å². The second-order valence-electron chi connectivity index (χ2n) is 5.13. The largest absolute Gasteiger partial charge is 0.368 e. The highest BCUT2D eigenvalue weighted by Crippen LogP contribution is 2.24. The van der Waals surface area contributed by atoms with Crippen LogP contribution in [0.25, 0.3) is 21.8 Å². The highest BCUT2D eigenvalue weighted by Gasteiger charge is 2.00. The van der Waals surface area contributed by atoms with Crippen molar-refractivity contribution >= 4 is 21.8 Å². The van der Waals surface area contributed by atoms with Gasteiger partial charge in [-0.15, -0.1) is 0 Å². The quantitative estimate of drug-likeness (QED) is 0.290. The number of pyridine rings is 1. The zero-order valence-corrected chi connectivity index (χ0v) is 17.3. The molecule has 5 rings (SSSR count). The first-order valence-corrected chi connectivity index (χ1v) is 9.83. The highest BCUT2D eigenvalue weighted by atomic mass is 14.7. The third kappa shape index (κ3) is 7.50. The SMILES string of the molecule is CC.CC.c1cc[nH]c1.c1ccc2c(c1)[nH]c1ccccc12.c1ccncc1. The van der Waals surface area contributed by atoms with Crippen LogP contribution in [0.2, 0.25) is 0 Å². The minimum absolute atomic E-state index is 1.21. The van der Waals surface area contributed by atoms with Gasteiger partial charge in [-0.3, -0.25) is 4.98 Å². The Labute approximate surface area is 168 Å². The lowest BCUT2D eigenvalue weighted by molar-refractivity contribution is 1.33. The van der Waals surface area contributed by atoms with Crippen LogP contribution in [0, 0.1) is 0 Å². The average Bonchev–Trinajstić information content (AvgIpc) is 3.50. The van der Waals surface area contributed by atoms with Gasteiger partial charge in [0, 0.05) is 46.6 Å². The van der Waals surface area contributed by atoms with E-state index in [9.17, 15) is 0 Å². The molecular weight excluding hydrogens is 342 g/mol. The van der Waals surface area contributed by atoms with Crippen LogP contribution in [0.5, 0.6) is 0 Å². The Bertz CT molecular complexity index is 861. The molecule has 2 aromatic carbocycles. The lowest BCUT2D eigenvalue weighted by atomic mass is 10.2. The van der Waals surface area contributed by atoms with E-state index in [1.807, 2.05) is 70.4 Å². The first-order chi connectivity index (χ1) is 13.9. The zero-order chi connectivity index (χ0) is 20.5. The van der Waals surface area contributed by atoms with E-state index in [-0.39, 0.29) is 0 Å². The van der Waals surface area contributed by atoms with Crippen molar-refractivity contribution in [2.75, 3.05) is 0 Å². The molecule has 3 aromatic heterocycles. The Morgan fingerprint density at radius 1 is 0.536 bits per heavy atom. The molecule has 0 aliphatic carbocycles. The maximum absolute atomic E-state index is 3.78. The molecule has 0 aliphatic heterocycles. The average molecular weight is 374 g/mol. The van der Waals surface area contributed by atoms with Gasteiger partial charge < -0.3 is 9.97 Å². The molecule has 0 saturated heterocycles. The maximum atomic E-state index is 3.78. The van der Waals surface area contributed by atoms with Gasteiger partial charge in [-0.1, -0.05) is 70.2 Å². The molecular formula is C25H31N3. The predicted octanol–water partition coefficient (Wildman–Crippen LogP) is 7.47. The first kappa shape index (κ1) is 22.7. The molecule has 2 N–H and O–H groups in total. The first-order valence-electron chi connectivity index (χ1n) is 9.83. The summed E-state index contributed by atoms with van der Waals surface area (Å²) in [4.78, 5) is 10.0. The number of aromatic nitrogens is 3. The van der Waals surface area contributed by atoms with Crippen LogP contribution >= 0.6 is 0 Å². The van der Waals surface area contributed by atoms with Crippen molar-refractivity contribution in [1.29, 1.82) is 0 Å². The third-order valence-electron chi connectivity index (χ3n) is 3.48. The van der Waals surface area contributed by atoms with Gasteiger partial charge >= 0.3 is 0 Å². The van der Waals surface area contributed by atoms with E-state index in [0.717, 1.165) is 0 Å². The van der Waals surface area contributed by atoms with Crippen molar-refractivity contribution in [2.45, 2.75) is 27.7 Å². The fourth-order valence-electron chi connectivity index (χ4n) is 2.39. The number of aromatic amines is 2. The van der Waals surface area contributed by atoms with Gasteiger partial charge in [-0.25, -0.2) is 0 Å². The molecule has 0 radical (unpaired) electrons. The number of hydrogen-bond donors (Lipinski definition) is 2. The Balaban J connectivity index is 0.000000219. The molecule has 0 bridgehead atoms.